The lowest BCUT2D eigenvalue weighted by Gasteiger charge is -2.07. The summed E-state index contributed by atoms with van der Waals surface area (Å²) in [6, 6.07) is 7.62. The molecule has 1 aromatic rings. The summed E-state index contributed by atoms with van der Waals surface area (Å²) < 4.78 is 5.45. The number of carbonyl (C=O) groups excluding carboxylic acids is 1. The standard InChI is InChI=1S/C16H26N2O2/c1-2-3-11-20-12-5-10-18-16(19)15-7-4-6-14(13-15)8-9-17/h4,6-7,13H,2-3,5,8-12,17H2,1H3,(H,18,19). The van der Waals surface area contributed by atoms with Gasteiger partial charge in [-0.3, -0.25) is 4.79 Å². The number of ether oxygens (including phenoxy) is 1. The molecular weight excluding hydrogens is 252 g/mol. The van der Waals surface area contributed by atoms with Crippen LogP contribution < -0.4 is 11.1 Å². The van der Waals surface area contributed by atoms with Crippen molar-refractivity contribution >= 4 is 5.91 Å². The van der Waals surface area contributed by atoms with Gasteiger partial charge in [0.1, 0.15) is 0 Å². The van der Waals surface area contributed by atoms with E-state index in [1.165, 1.54) is 0 Å². The van der Waals surface area contributed by atoms with Crippen molar-refractivity contribution in [2.45, 2.75) is 32.6 Å². The fraction of sp³-hybridized carbons (Fsp3) is 0.562. The van der Waals surface area contributed by atoms with Gasteiger partial charge in [-0.15, -0.1) is 0 Å². The Balaban J connectivity index is 2.23. The molecule has 4 nitrogen and oxygen atoms in total. The van der Waals surface area contributed by atoms with Crippen molar-refractivity contribution < 1.29 is 9.53 Å². The number of amides is 1. The maximum atomic E-state index is 12.0. The van der Waals surface area contributed by atoms with Crippen molar-refractivity contribution in [3.8, 4) is 0 Å². The van der Waals surface area contributed by atoms with Crippen LogP contribution in [0.4, 0.5) is 0 Å². The van der Waals surface area contributed by atoms with Crippen molar-refractivity contribution in [2.24, 2.45) is 5.73 Å². The molecule has 0 aliphatic carbocycles. The molecule has 0 aliphatic rings. The van der Waals surface area contributed by atoms with E-state index in [-0.39, 0.29) is 5.91 Å². The zero-order valence-corrected chi connectivity index (χ0v) is 12.4. The van der Waals surface area contributed by atoms with E-state index in [1.54, 1.807) is 0 Å². The van der Waals surface area contributed by atoms with Gasteiger partial charge >= 0.3 is 0 Å². The first kappa shape index (κ1) is 16.7. The number of unbranched alkanes of at least 4 members (excludes halogenated alkanes) is 1. The second kappa shape index (κ2) is 10.4. The van der Waals surface area contributed by atoms with E-state index < -0.39 is 0 Å². The minimum Gasteiger partial charge on any atom is -0.381 e. The second-order valence-corrected chi connectivity index (χ2v) is 4.81. The molecule has 0 saturated heterocycles. The van der Waals surface area contributed by atoms with Crippen molar-refractivity contribution in [2.75, 3.05) is 26.3 Å². The van der Waals surface area contributed by atoms with Crippen LogP contribution in [0.5, 0.6) is 0 Å². The Kier molecular flexibility index (Phi) is 8.67. The summed E-state index contributed by atoms with van der Waals surface area (Å²) in [5.74, 6) is -0.0302. The highest BCUT2D eigenvalue weighted by molar-refractivity contribution is 5.94. The van der Waals surface area contributed by atoms with Crippen molar-refractivity contribution in [3.63, 3.8) is 0 Å². The molecule has 0 spiro atoms. The summed E-state index contributed by atoms with van der Waals surface area (Å²) in [6.07, 6.45) is 3.89. The maximum Gasteiger partial charge on any atom is 0.251 e. The quantitative estimate of drug-likeness (QED) is 0.644. The zero-order valence-electron chi connectivity index (χ0n) is 12.4. The van der Waals surface area contributed by atoms with Crippen molar-refractivity contribution in [1.29, 1.82) is 0 Å². The fourth-order valence-electron chi connectivity index (χ4n) is 1.86. The molecule has 3 N–H and O–H groups in total. The summed E-state index contributed by atoms with van der Waals surface area (Å²) in [6.45, 7) is 4.90. The summed E-state index contributed by atoms with van der Waals surface area (Å²) >= 11 is 0. The Bertz CT molecular complexity index is 394. The average Bonchev–Trinajstić information content (AvgIpc) is 2.47. The van der Waals surface area contributed by atoms with Crippen LogP contribution in [0.25, 0.3) is 0 Å². The lowest BCUT2D eigenvalue weighted by atomic mass is 10.1. The molecule has 0 aliphatic heterocycles. The summed E-state index contributed by atoms with van der Waals surface area (Å²) in [7, 11) is 0. The van der Waals surface area contributed by atoms with Crippen LogP contribution in [0.3, 0.4) is 0 Å². The lowest BCUT2D eigenvalue weighted by molar-refractivity contribution is 0.0940. The first-order valence-corrected chi connectivity index (χ1v) is 7.43. The maximum absolute atomic E-state index is 12.0. The van der Waals surface area contributed by atoms with Crippen molar-refractivity contribution in [3.05, 3.63) is 35.4 Å². The number of rotatable bonds is 10. The molecule has 0 atom stereocenters. The molecule has 0 heterocycles. The third kappa shape index (κ3) is 6.68. The smallest absolute Gasteiger partial charge is 0.251 e. The summed E-state index contributed by atoms with van der Waals surface area (Å²) in [5.41, 5.74) is 7.32. The van der Waals surface area contributed by atoms with E-state index in [0.29, 0.717) is 25.3 Å². The van der Waals surface area contributed by atoms with Gasteiger partial charge in [0.15, 0.2) is 0 Å². The summed E-state index contributed by atoms with van der Waals surface area (Å²) in [5, 5.41) is 2.91. The SMILES string of the molecule is CCCCOCCCNC(=O)c1cccc(CCN)c1. The Labute approximate surface area is 121 Å². The Morgan fingerprint density at radius 3 is 2.85 bits per heavy atom. The monoisotopic (exact) mass is 278 g/mol. The minimum atomic E-state index is -0.0302. The van der Waals surface area contributed by atoms with Crippen LogP contribution in [0, 0.1) is 0 Å². The number of nitrogens with two attached hydrogens (primary N) is 1. The molecular formula is C16H26N2O2. The lowest BCUT2D eigenvalue weighted by Crippen LogP contribution is -2.25. The zero-order chi connectivity index (χ0) is 14.6. The molecule has 0 aromatic heterocycles. The molecule has 0 bridgehead atoms. The molecule has 112 valence electrons. The fourth-order valence-corrected chi connectivity index (χ4v) is 1.86. The Morgan fingerprint density at radius 1 is 1.30 bits per heavy atom. The van der Waals surface area contributed by atoms with Crippen LogP contribution in [0.1, 0.15) is 42.1 Å². The second-order valence-electron chi connectivity index (χ2n) is 4.81. The predicted octanol–water partition coefficient (Wildman–Crippen LogP) is 2.12. The molecule has 0 saturated carbocycles. The first-order chi connectivity index (χ1) is 9.77. The highest BCUT2D eigenvalue weighted by Gasteiger charge is 2.05. The van der Waals surface area contributed by atoms with Gasteiger partial charge in [-0.05, 0) is 43.5 Å². The topological polar surface area (TPSA) is 64.3 Å². The van der Waals surface area contributed by atoms with Crippen LogP contribution >= 0.6 is 0 Å². The third-order valence-corrected chi connectivity index (χ3v) is 3.02. The van der Waals surface area contributed by atoms with Gasteiger partial charge in [0.25, 0.3) is 5.91 Å². The minimum absolute atomic E-state index is 0.0302. The summed E-state index contributed by atoms with van der Waals surface area (Å²) in [4.78, 5) is 12.0. The number of nitrogens with one attached hydrogen (secondary N) is 1. The molecule has 0 radical (unpaired) electrons. The average molecular weight is 278 g/mol. The molecule has 0 fully saturated rings. The van der Waals surface area contributed by atoms with Crippen LogP contribution in [0.2, 0.25) is 0 Å². The van der Waals surface area contributed by atoms with Gasteiger partial charge < -0.3 is 15.8 Å². The van der Waals surface area contributed by atoms with Gasteiger partial charge in [-0.1, -0.05) is 25.5 Å². The molecule has 0 unspecified atom stereocenters. The van der Waals surface area contributed by atoms with Gasteiger partial charge in [0, 0.05) is 25.3 Å². The van der Waals surface area contributed by atoms with E-state index in [1.807, 2.05) is 24.3 Å². The highest BCUT2D eigenvalue weighted by atomic mass is 16.5. The van der Waals surface area contributed by atoms with E-state index in [0.717, 1.165) is 37.9 Å². The number of benzene rings is 1. The van der Waals surface area contributed by atoms with Gasteiger partial charge in [-0.25, -0.2) is 0 Å². The van der Waals surface area contributed by atoms with E-state index in [9.17, 15) is 4.79 Å². The van der Waals surface area contributed by atoms with E-state index in [2.05, 4.69) is 12.2 Å². The molecule has 1 rings (SSSR count). The highest BCUT2D eigenvalue weighted by Crippen LogP contribution is 2.05. The van der Waals surface area contributed by atoms with Crippen molar-refractivity contribution in [1.82, 2.24) is 5.32 Å². The predicted molar refractivity (Wildman–Crippen MR) is 81.9 cm³/mol. The molecule has 1 amide bonds. The van der Waals surface area contributed by atoms with Gasteiger partial charge in [-0.2, -0.15) is 0 Å². The first-order valence-electron chi connectivity index (χ1n) is 7.43. The van der Waals surface area contributed by atoms with E-state index >= 15 is 0 Å². The number of carbonyl (C=O) groups is 1. The number of hydrogen-bond donors (Lipinski definition) is 2. The van der Waals surface area contributed by atoms with Crippen LogP contribution in [-0.4, -0.2) is 32.2 Å². The van der Waals surface area contributed by atoms with Gasteiger partial charge in [0.05, 0.1) is 0 Å². The Morgan fingerprint density at radius 2 is 2.10 bits per heavy atom. The molecule has 1 aromatic carbocycles. The van der Waals surface area contributed by atoms with Gasteiger partial charge in [0.2, 0.25) is 0 Å². The van der Waals surface area contributed by atoms with E-state index in [4.69, 9.17) is 10.5 Å². The number of hydrogen-bond acceptors (Lipinski definition) is 3. The molecule has 4 heteroatoms. The largest absolute Gasteiger partial charge is 0.381 e. The Hall–Kier alpha value is -1.39. The molecule has 20 heavy (non-hydrogen) atoms. The third-order valence-electron chi connectivity index (χ3n) is 3.02. The van der Waals surface area contributed by atoms with Crippen LogP contribution in [0.15, 0.2) is 24.3 Å². The van der Waals surface area contributed by atoms with Crippen LogP contribution in [-0.2, 0) is 11.2 Å². The normalized spacial score (nSPS) is 10.5.